The van der Waals surface area contributed by atoms with Gasteiger partial charge in [-0.2, -0.15) is 4.31 Å². The Hall–Kier alpha value is -1.56. The number of azide groups is 1. The molecule has 0 aliphatic carbocycles. The highest BCUT2D eigenvalue weighted by Gasteiger charge is 2.35. The van der Waals surface area contributed by atoms with E-state index in [0.29, 0.717) is 11.4 Å². The fraction of sp³-hybridized carbons (Fsp3) is 0.538. The number of nitrogens with zero attached hydrogens (tertiary/aromatic N) is 4. The highest BCUT2D eigenvalue weighted by Crippen LogP contribution is 2.28. The zero-order valence-electron chi connectivity index (χ0n) is 11.7. The Kier molecular flexibility index (Phi) is 4.32. The van der Waals surface area contributed by atoms with Crippen molar-refractivity contribution in [2.45, 2.75) is 37.6 Å². The average Bonchev–Trinajstić information content (AvgIpc) is 2.84. The van der Waals surface area contributed by atoms with Crippen LogP contribution in [-0.2, 0) is 10.0 Å². The van der Waals surface area contributed by atoms with Gasteiger partial charge in [-0.1, -0.05) is 22.8 Å². The minimum absolute atomic E-state index is 0.195. The van der Waals surface area contributed by atoms with Crippen LogP contribution >= 0.6 is 0 Å². The molecule has 1 saturated heterocycles. The van der Waals surface area contributed by atoms with Crippen LogP contribution in [0.2, 0.25) is 0 Å². The summed E-state index contributed by atoms with van der Waals surface area (Å²) in [7, 11) is -3.52. The van der Waals surface area contributed by atoms with Crippen LogP contribution < -0.4 is 0 Å². The van der Waals surface area contributed by atoms with E-state index in [4.69, 9.17) is 5.53 Å². The highest BCUT2D eigenvalue weighted by atomic mass is 32.2. The lowest BCUT2D eigenvalue weighted by atomic mass is 10.2. The van der Waals surface area contributed by atoms with Crippen molar-refractivity contribution in [3.8, 4) is 0 Å². The summed E-state index contributed by atoms with van der Waals surface area (Å²) in [6.07, 6.45) is 1.54. The molecule has 6 nitrogen and oxygen atoms in total. The summed E-state index contributed by atoms with van der Waals surface area (Å²) >= 11 is 0. The maximum absolute atomic E-state index is 12.7. The van der Waals surface area contributed by atoms with Gasteiger partial charge in [-0.3, -0.25) is 0 Å². The SMILES string of the molecule is Cc1ccc(S(=O)(=O)N2CCCC2CN=[N+]=[N-])c(C)c1. The van der Waals surface area contributed by atoms with E-state index < -0.39 is 10.0 Å². The number of sulfonamides is 1. The summed E-state index contributed by atoms with van der Waals surface area (Å²) in [4.78, 5) is 3.06. The van der Waals surface area contributed by atoms with Crippen molar-refractivity contribution >= 4 is 10.0 Å². The average molecular weight is 294 g/mol. The number of hydrogen-bond acceptors (Lipinski definition) is 3. The predicted molar refractivity (Wildman–Crippen MR) is 76.8 cm³/mol. The molecular weight excluding hydrogens is 276 g/mol. The summed E-state index contributed by atoms with van der Waals surface area (Å²) in [5, 5.41) is 3.52. The normalized spacial score (nSPS) is 19.8. The lowest BCUT2D eigenvalue weighted by Gasteiger charge is -2.23. The number of rotatable bonds is 4. The molecule has 1 fully saturated rings. The molecule has 0 radical (unpaired) electrons. The molecule has 0 saturated carbocycles. The smallest absolute Gasteiger partial charge is 0.207 e. The first-order chi connectivity index (χ1) is 9.46. The molecule has 1 aliphatic rings. The molecule has 1 aliphatic heterocycles. The minimum Gasteiger partial charge on any atom is -0.207 e. The van der Waals surface area contributed by atoms with E-state index in [2.05, 4.69) is 10.0 Å². The van der Waals surface area contributed by atoms with Crippen molar-refractivity contribution in [3.63, 3.8) is 0 Å². The van der Waals surface area contributed by atoms with Crippen LogP contribution in [0.25, 0.3) is 10.4 Å². The number of aryl methyl sites for hydroxylation is 2. The Balaban J connectivity index is 2.36. The van der Waals surface area contributed by atoms with Gasteiger partial charge in [0.15, 0.2) is 0 Å². The first-order valence-electron chi connectivity index (χ1n) is 6.57. The fourth-order valence-electron chi connectivity index (χ4n) is 2.65. The van der Waals surface area contributed by atoms with Crippen molar-refractivity contribution < 1.29 is 8.42 Å². The molecule has 0 spiro atoms. The van der Waals surface area contributed by atoms with Crippen LogP contribution in [0, 0.1) is 13.8 Å². The van der Waals surface area contributed by atoms with Gasteiger partial charge >= 0.3 is 0 Å². The number of hydrogen-bond donors (Lipinski definition) is 0. The van der Waals surface area contributed by atoms with Crippen molar-refractivity contribution in [1.82, 2.24) is 4.31 Å². The Morgan fingerprint density at radius 1 is 1.45 bits per heavy atom. The second-order valence-electron chi connectivity index (χ2n) is 5.09. The van der Waals surface area contributed by atoms with Gasteiger partial charge in [0, 0.05) is 24.0 Å². The van der Waals surface area contributed by atoms with Crippen molar-refractivity contribution in [3.05, 3.63) is 39.8 Å². The molecule has 1 heterocycles. The molecule has 7 heteroatoms. The Morgan fingerprint density at radius 2 is 2.20 bits per heavy atom. The molecule has 1 aromatic rings. The molecule has 1 unspecified atom stereocenters. The second-order valence-corrected chi connectivity index (χ2v) is 6.95. The molecule has 108 valence electrons. The standard InChI is InChI=1S/C13H18N4O2S/c1-10-5-6-13(11(2)8-10)20(18,19)17-7-3-4-12(17)9-15-16-14/h5-6,8,12H,3-4,7,9H2,1-2H3. The molecule has 20 heavy (non-hydrogen) atoms. The Labute approximate surface area is 119 Å². The molecule has 0 aromatic heterocycles. The summed E-state index contributed by atoms with van der Waals surface area (Å²) in [6.45, 7) is 4.42. The molecule has 1 atom stereocenters. The maximum atomic E-state index is 12.7. The lowest BCUT2D eigenvalue weighted by molar-refractivity contribution is 0.392. The van der Waals surface area contributed by atoms with Crippen LogP contribution in [-0.4, -0.2) is 31.9 Å². The maximum Gasteiger partial charge on any atom is 0.243 e. The monoisotopic (exact) mass is 294 g/mol. The fourth-order valence-corrected chi connectivity index (χ4v) is 4.55. The minimum atomic E-state index is -3.52. The number of benzene rings is 1. The molecule has 1 aromatic carbocycles. The van der Waals surface area contributed by atoms with Crippen LogP contribution in [0.3, 0.4) is 0 Å². The summed E-state index contributed by atoms with van der Waals surface area (Å²) in [5.41, 5.74) is 10.2. The van der Waals surface area contributed by atoms with Gasteiger partial charge in [-0.25, -0.2) is 8.42 Å². The van der Waals surface area contributed by atoms with Crippen LogP contribution in [0.4, 0.5) is 0 Å². The Bertz CT molecular complexity index is 650. The van der Waals surface area contributed by atoms with Crippen molar-refractivity contribution in [2.24, 2.45) is 5.11 Å². The zero-order valence-corrected chi connectivity index (χ0v) is 12.5. The molecule has 0 bridgehead atoms. The zero-order chi connectivity index (χ0) is 14.8. The van der Waals surface area contributed by atoms with E-state index in [-0.39, 0.29) is 12.6 Å². The van der Waals surface area contributed by atoms with E-state index >= 15 is 0 Å². The molecule has 0 N–H and O–H groups in total. The third kappa shape index (κ3) is 2.80. The van der Waals surface area contributed by atoms with E-state index in [1.54, 1.807) is 19.1 Å². The van der Waals surface area contributed by atoms with E-state index in [0.717, 1.165) is 24.0 Å². The summed E-state index contributed by atoms with van der Waals surface area (Å²) in [5.74, 6) is 0. The van der Waals surface area contributed by atoms with Crippen LogP contribution in [0.15, 0.2) is 28.2 Å². The van der Waals surface area contributed by atoms with Gasteiger partial charge in [-0.15, -0.1) is 0 Å². The van der Waals surface area contributed by atoms with Crippen LogP contribution in [0.5, 0.6) is 0 Å². The summed E-state index contributed by atoms with van der Waals surface area (Å²) in [6, 6.07) is 5.10. The molecular formula is C13H18N4O2S. The Morgan fingerprint density at radius 3 is 2.85 bits per heavy atom. The van der Waals surface area contributed by atoms with Crippen molar-refractivity contribution in [2.75, 3.05) is 13.1 Å². The lowest BCUT2D eigenvalue weighted by Crippen LogP contribution is -2.37. The van der Waals surface area contributed by atoms with E-state index in [9.17, 15) is 8.42 Å². The third-order valence-electron chi connectivity index (χ3n) is 3.60. The van der Waals surface area contributed by atoms with Gasteiger partial charge in [0.1, 0.15) is 0 Å². The largest absolute Gasteiger partial charge is 0.243 e. The molecule has 2 rings (SSSR count). The highest BCUT2D eigenvalue weighted by molar-refractivity contribution is 7.89. The predicted octanol–water partition coefficient (Wildman–Crippen LogP) is 2.77. The first-order valence-corrected chi connectivity index (χ1v) is 8.01. The van der Waals surface area contributed by atoms with Gasteiger partial charge < -0.3 is 0 Å². The topological polar surface area (TPSA) is 86.1 Å². The van der Waals surface area contributed by atoms with Gasteiger partial charge in [0.25, 0.3) is 0 Å². The second kappa shape index (κ2) is 5.83. The summed E-state index contributed by atoms with van der Waals surface area (Å²) < 4.78 is 26.9. The van der Waals surface area contributed by atoms with E-state index in [1.807, 2.05) is 13.0 Å². The quantitative estimate of drug-likeness (QED) is 0.485. The van der Waals surface area contributed by atoms with Crippen molar-refractivity contribution in [1.29, 1.82) is 0 Å². The molecule has 0 amide bonds. The van der Waals surface area contributed by atoms with Crippen LogP contribution in [0.1, 0.15) is 24.0 Å². The van der Waals surface area contributed by atoms with Gasteiger partial charge in [0.05, 0.1) is 4.90 Å². The van der Waals surface area contributed by atoms with E-state index in [1.165, 1.54) is 4.31 Å². The third-order valence-corrected chi connectivity index (χ3v) is 5.71. The first kappa shape index (κ1) is 14.8. The van der Waals surface area contributed by atoms with Gasteiger partial charge in [0.2, 0.25) is 10.0 Å². The van der Waals surface area contributed by atoms with Gasteiger partial charge in [-0.05, 0) is 43.9 Å².